The van der Waals surface area contributed by atoms with Gasteiger partial charge in [-0.05, 0) is 25.1 Å². The molecule has 1 aromatic rings. The average molecular weight is 325 g/mol. The van der Waals surface area contributed by atoms with Gasteiger partial charge >= 0.3 is 18.2 Å². The predicted octanol–water partition coefficient (Wildman–Crippen LogP) is 3.45. The van der Waals surface area contributed by atoms with E-state index in [1.807, 2.05) is 0 Å². The number of hydrogen-bond donors (Lipinski definition) is 2. The summed E-state index contributed by atoms with van der Waals surface area (Å²) >= 11 is 5.70. The van der Waals surface area contributed by atoms with E-state index in [1.54, 1.807) is 0 Å². The van der Waals surface area contributed by atoms with E-state index >= 15 is 0 Å². The molecule has 0 atom stereocenters. The zero-order valence-corrected chi connectivity index (χ0v) is 11.6. The second kappa shape index (κ2) is 6.66. The molecular weight excluding hydrogens is 313 g/mol. The van der Waals surface area contributed by atoms with Crippen LogP contribution >= 0.6 is 11.6 Å². The van der Waals surface area contributed by atoms with Crippen LogP contribution in [0.5, 0.6) is 0 Å². The highest BCUT2D eigenvalue weighted by molar-refractivity contribution is 6.33. The number of halogens is 4. The molecule has 5 nitrogen and oxygen atoms in total. The van der Waals surface area contributed by atoms with Gasteiger partial charge in [0.1, 0.15) is 6.54 Å². The Morgan fingerprint density at radius 2 is 2.00 bits per heavy atom. The summed E-state index contributed by atoms with van der Waals surface area (Å²) < 4.78 is 36.9. The normalized spacial score (nSPS) is 11.1. The Balaban J connectivity index is 2.82. The number of aromatic carboxylic acids is 1. The lowest BCUT2D eigenvalue weighted by Gasteiger charge is -2.22. The zero-order chi connectivity index (χ0) is 16.2. The summed E-state index contributed by atoms with van der Waals surface area (Å²) in [6.07, 6.45) is -4.50. The molecule has 2 amide bonds. The van der Waals surface area contributed by atoms with Crippen molar-refractivity contribution in [2.24, 2.45) is 0 Å². The van der Waals surface area contributed by atoms with Crippen molar-refractivity contribution in [3.05, 3.63) is 28.8 Å². The summed E-state index contributed by atoms with van der Waals surface area (Å²) in [5, 5.41) is 10.9. The number of rotatable bonds is 4. The second-order valence-corrected chi connectivity index (χ2v) is 4.47. The van der Waals surface area contributed by atoms with Crippen LogP contribution in [0.25, 0.3) is 0 Å². The standard InChI is InChI=1S/C12H12ClF3N2O3/c1-2-18(6-12(14,15)16)11(21)17-7-3-4-8(10(19)20)9(13)5-7/h3-5H,2,6H2,1H3,(H,17,21)(H,19,20). The van der Waals surface area contributed by atoms with Crippen molar-refractivity contribution in [3.8, 4) is 0 Å². The summed E-state index contributed by atoms with van der Waals surface area (Å²) in [5.41, 5.74) is -0.0621. The molecule has 0 saturated carbocycles. The Labute approximate surface area is 123 Å². The van der Waals surface area contributed by atoms with Crippen LogP contribution in [0, 0.1) is 0 Å². The van der Waals surface area contributed by atoms with Crippen LogP contribution in [0.15, 0.2) is 18.2 Å². The molecule has 1 aromatic carbocycles. The quantitative estimate of drug-likeness (QED) is 0.891. The lowest BCUT2D eigenvalue weighted by molar-refractivity contribution is -0.139. The highest BCUT2D eigenvalue weighted by atomic mass is 35.5. The fraction of sp³-hybridized carbons (Fsp3) is 0.333. The molecule has 0 aliphatic carbocycles. The first-order valence-corrected chi connectivity index (χ1v) is 6.17. The monoisotopic (exact) mass is 324 g/mol. The van der Waals surface area contributed by atoms with Gasteiger partial charge in [-0.2, -0.15) is 13.2 Å². The second-order valence-electron chi connectivity index (χ2n) is 4.06. The van der Waals surface area contributed by atoms with E-state index in [0.717, 1.165) is 12.1 Å². The van der Waals surface area contributed by atoms with Crippen LogP contribution in [0.1, 0.15) is 17.3 Å². The van der Waals surface area contributed by atoms with E-state index in [1.165, 1.54) is 13.0 Å². The zero-order valence-electron chi connectivity index (χ0n) is 10.9. The minimum absolute atomic E-state index is 0.107. The van der Waals surface area contributed by atoms with Crippen molar-refractivity contribution in [1.82, 2.24) is 4.90 Å². The van der Waals surface area contributed by atoms with E-state index < -0.39 is 24.7 Å². The first-order chi connectivity index (χ1) is 9.64. The minimum atomic E-state index is -4.50. The van der Waals surface area contributed by atoms with Gasteiger partial charge in [0.15, 0.2) is 0 Å². The largest absolute Gasteiger partial charge is 0.478 e. The van der Waals surface area contributed by atoms with Gasteiger partial charge < -0.3 is 15.3 Å². The summed E-state index contributed by atoms with van der Waals surface area (Å²) in [5.74, 6) is -1.25. The fourth-order valence-electron chi connectivity index (χ4n) is 1.51. The number of anilines is 1. The topological polar surface area (TPSA) is 69.6 Å². The highest BCUT2D eigenvalue weighted by Gasteiger charge is 2.32. The number of nitrogens with zero attached hydrogens (tertiary/aromatic N) is 1. The smallest absolute Gasteiger partial charge is 0.406 e. The molecule has 0 fully saturated rings. The number of benzene rings is 1. The molecule has 0 bridgehead atoms. The molecule has 0 spiro atoms. The van der Waals surface area contributed by atoms with Crippen LogP contribution < -0.4 is 5.32 Å². The van der Waals surface area contributed by atoms with Gasteiger partial charge in [-0.15, -0.1) is 0 Å². The molecule has 0 aliphatic heterocycles. The Hall–Kier alpha value is -1.96. The molecule has 2 N–H and O–H groups in total. The number of hydrogen-bond acceptors (Lipinski definition) is 2. The number of nitrogens with one attached hydrogen (secondary N) is 1. The van der Waals surface area contributed by atoms with Gasteiger partial charge in [-0.3, -0.25) is 0 Å². The fourth-order valence-corrected chi connectivity index (χ4v) is 1.77. The molecule has 1 rings (SSSR count). The third kappa shape index (κ3) is 5.14. The van der Waals surface area contributed by atoms with E-state index in [-0.39, 0.29) is 22.8 Å². The maximum absolute atomic E-state index is 12.3. The van der Waals surface area contributed by atoms with Crippen LogP contribution in [0.2, 0.25) is 5.02 Å². The molecule has 0 radical (unpaired) electrons. The van der Waals surface area contributed by atoms with Crippen molar-refractivity contribution in [2.75, 3.05) is 18.4 Å². The van der Waals surface area contributed by atoms with Gasteiger partial charge in [0.05, 0.1) is 10.6 Å². The summed E-state index contributed by atoms with van der Waals surface area (Å²) in [6, 6.07) is 2.60. The average Bonchev–Trinajstić information content (AvgIpc) is 2.34. The summed E-state index contributed by atoms with van der Waals surface area (Å²) in [4.78, 5) is 23.0. The van der Waals surface area contributed by atoms with Crippen molar-refractivity contribution < 1.29 is 27.9 Å². The summed E-state index contributed by atoms with van der Waals surface area (Å²) in [6.45, 7) is -0.103. The number of carboxylic acids is 1. The Bertz CT molecular complexity index is 549. The number of carboxylic acid groups (broad SMARTS) is 1. The molecule has 9 heteroatoms. The van der Waals surface area contributed by atoms with Crippen LogP contribution in [0.3, 0.4) is 0 Å². The maximum atomic E-state index is 12.3. The molecule has 0 aliphatic rings. The van der Waals surface area contributed by atoms with E-state index in [2.05, 4.69) is 5.32 Å². The first-order valence-electron chi connectivity index (χ1n) is 5.79. The summed E-state index contributed by atoms with van der Waals surface area (Å²) in [7, 11) is 0. The molecule has 0 saturated heterocycles. The Morgan fingerprint density at radius 3 is 2.43 bits per heavy atom. The number of urea groups is 1. The van der Waals surface area contributed by atoms with Crippen molar-refractivity contribution in [1.29, 1.82) is 0 Å². The number of carbonyl (C=O) groups is 2. The molecular formula is C12H12ClF3N2O3. The SMILES string of the molecule is CCN(CC(F)(F)F)C(=O)Nc1ccc(C(=O)O)c(Cl)c1. The molecule has 116 valence electrons. The molecule has 0 heterocycles. The lowest BCUT2D eigenvalue weighted by Crippen LogP contribution is -2.41. The maximum Gasteiger partial charge on any atom is 0.406 e. The van der Waals surface area contributed by atoms with E-state index in [0.29, 0.717) is 4.90 Å². The van der Waals surface area contributed by atoms with E-state index in [9.17, 15) is 22.8 Å². The van der Waals surface area contributed by atoms with Gasteiger partial charge in [0.25, 0.3) is 0 Å². The molecule has 0 aromatic heterocycles. The lowest BCUT2D eigenvalue weighted by atomic mass is 10.2. The molecule has 21 heavy (non-hydrogen) atoms. The van der Waals surface area contributed by atoms with Gasteiger partial charge in [0, 0.05) is 12.2 Å². The van der Waals surface area contributed by atoms with Crippen LogP contribution in [0.4, 0.5) is 23.7 Å². The number of alkyl halides is 3. The third-order valence-corrected chi connectivity index (χ3v) is 2.80. The first kappa shape index (κ1) is 17.1. The predicted molar refractivity (Wildman–Crippen MR) is 70.7 cm³/mol. The minimum Gasteiger partial charge on any atom is -0.478 e. The van der Waals surface area contributed by atoms with E-state index in [4.69, 9.17) is 16.7 Å². The van der Waals surface area contributed by atoms with Gasteiger partial charge in [-0.25, -0.2) is 9.59 Å². The third-order valence-electron chi connectivity index (χ3n) is 2.49. The van der Waals surface area contributed by atoms with Gasteiger partial charge in [0.2, 0.25) is 0 Å². The van der Waals surface area contributed by atoms with Crippen LogP contribution in [-0.2, 0) is 0 Å². The van der Waals surface area contributed by atoms with Crippen molar-refractivity contribution in [2.45, 2.75) is 13.1 Å². The van der Waals surface area contributed by atoms with Crippen LogP contribution in [-0.4, -0.2) is 41.3 Å². The Morgan fingerprint density at radius 1 is 1.38 bits per heavy atom. The van der Waals surface area contributed by atoms with Gasteiger partial charge in [-0.1, -0.05) is 11.6 Å². The highest BCUT2D eigenvalue weighted by Crippen LogP contribution is 2.22. The number of carbonyl (C=O) groups excluding carboxylic acids is 1. The number of amides is 2. The van der Waals surface area contributed by atoms with Crippen molar-refractivity contribution in [3.63, 3.8) is 0 Å². The Kier molecular flexibility index (Phi) is 5.42. The van der Waals surface area contributed by atoms with Crippen molar-refractivity contribution >= 4 is 29.3 Å². The molecule has 0 unspecified atom stereocenters.